The average molecular weight is 190 g/mol. The molecule has 0 saturated carbocycles. The third-order valence-corrected chi connectivity index (χ3v) is 3.08. The van der Waals surface area contributed by atoms with E-state index in [1.807, 2.05) is 0 Å². The van der Waals surface area contributed by atoms with E-state index in [1.165, 1.54) is 11.1 Å². The molecular weight excluding hydrogens is 172 g/mol. The van der Waals surface area contributed by atoms with Crippen molar-refractivity contribution in [1.29, 1.82) is 0 Å². The Hall–Kier alpha value is -0.860. The number of hydrogen-bond acceptors (Lipinski definition) is 2. The van der Waals surface area contributed by atoms with Crippen molar-refractivity contribution in [2.24, 2.45) is 5.73 Å². The molecule has 2 atom stereocenters. The van der Waals surface area contributed by atoms with Gasteiger partial charge in [-0.3, -0.25) is 0 Å². The Morgan fingerprint density at radius 3 is 2.50 bits per heavy atom. The van der Waals surface area contributed by atoms with E-state index in [0.29, 0.717) is 5.92 Å². The van der Waals surface area contributed by atoms with Gasteiger partial charge >= 0.3 is 0 Å². The molecule has 1 aliphatic heterocycles. The van der Waals surface area contributed by atoms with Crippen molar-refractivity contribution < 1.29 is 0 Å². The molecule has 0 spiro atoms. The SMILES string of the molecule is CCc1ccc([C@H]2CNC[C@H]2N)cc1. The molecule has 1 fully saturated rings. The second-order valence-corrected chi connectivity index (χ2v) is 4.02. The lowest BCUT2D eigenvalue weighted by atomic mass is 9.94. The first kappa shape index (κ1) is 9.69. The van der Waals surface area contributed by atoms with Crippen LogP contribution in [0, 0.1) is 0 Å². The molecule has 2 rings (SSSR count). The summed E-state index contributed by atoms with van der Waals surface area (Å²) >= 11 is 0. The van der Waals surface area contributed by atoms with E-state index < -0.39 is 0 Å². The fourth-order valence-corrected chi connectivity index (χ4v) is 2.06. The lowest BCUT2D eigenvalue weighted by Crippen LogP contribution is -2.27. The van der Waals surface area contributed by atoms with Crippen LogP contribution in [0.15, 0.2) is 24.3 Å². The molecule has 0 bridgehead atoms. The number of hydrogen-bond donors (Lipinski definition) is 2. The van der Waals surface area contributed by atoms with Crippen LogP contribution in [0.2, 0.25) is 0 Å². The summed E-state index contributed by atoms with van der Waals surface area (Å²) < 4.78 is 0. The first-order valence-corrected chi connectivity index (χ1v) is 5.36. The van der Waals surface area contributed by atoms with Gasteiger partial charge in [-0.1, -0.05) is 31.2 Å². The molecule has 1 aliphatic rings. The van der Waals surface area contributed by atoms with E-state index in [9.17, 15) is 0 Å². The summed E-state index contributed by atoms with van der Waals surface area (Å²) in [5.41, 5.74) is 8.79. The quantitative estimate of drug-likeness (QED) is 0.737. The molecule has 1 aromatic rings. The zero-order valence-corrected chi connectivity index (χ0v) is 8.66. The Morgan fingerprint density at radius 2 is 2.00 bits per heavy atom. The zero-order valence-electron chi connectivity index (χ0n) is 8.66. The fraction of sp³-hybridized carbons (Fsp3) is 0.500. The van der Waals surface area contributed by atoms with Gasteiger partial charge in [-0.05, 0) is 17.5 Å². The molecule has 76 valence electrons. The van der Waals surface area contributed by atoms with E-state index in [4.69, 9.17) is 5.73 Å². The Labute approximate surface area is 85.5 Å². The largest absolute Gasteiger partial charge is 0.326 e. The van der Waals surface area contributed by atoms with E-state index in [2.05, 4.69) is 36.5 Å². The molecule has 1 heterocycles. The summed E-state index contributed by atoms with van der Waals surface area (Å²) in [7, 11) is 0. The Bertz CT molecular complexity index is 292. The molecule has 2 heteroatoms. The number of nitrogens with two attached hydrogens (primary N) is 1. The van der Waals surface area contributed by atoms with Crippen LogP contribution in [0.5, 0.6) is 0 Å². The van der Waals surface area contributed by atoms with E-state index in [1.54, 1.807) is 0 Å². The third-order valence-electron chi connectivity index (χ3n) is 3.08. The Balaban J connectivity index is 2.16. The number of rotatable bonds is 2. The number of benzene rings is 1. The molecule has 3 N–H and O–H groups in total. The normalized spacial score (nSPS) is 26.7. The van der Waals surface area contributed by atoms with Crippen LogP contribution in [0.4, 0.5) is 0 Å². The van der Waals surface area contributed by atoms with Gasteiger partial charge < -0.3 is 11.1 Å². The second kappa shape index (κ2) is 4.11. The molecule has 1 aromatic carbocycles. The molecule has 0 radical (unpaired) electrons. The minimum atomic E-state index is 0.280. The molecule has 2 nitrogen and oxygen atoms in total. The van der Waals surface area contributed by atoms with Gasteiger partial charge in [0.1, 0.15) is 0 Å². The van der Waals surface area contributed by atoms with Crippen LogP contribution in [0.3, 0.4) is 0 Å². The molecule has 0 aliphatic carbocycles. The van der Waals surface area contributed by atoms with Gasteiger partial charge in [0.15, 0.2) is 0 Å². The average Bonchev–Trinajstić information content (AvgIpc) is 2.65. The number of nitrogens with one attached hydrogen (secondary N) is 1. The summed E-state index contributed by atoms with van der Waals surface area (Å²) in [6.45, 7) is 4.14. The zero-order chi connectivity index (χ0) is 9.97. The van der Waals surface area contributed by atoms with Crippen LogP contribution < -0.4 is 11.1 Å². The van der Waals surface area contributed by atoms with Gasteiger partial charge in [0.2, 0.25) is 0 Å². The van der Waals surface area contributed by atoms with Crippen LogP contribution in [0.25, 0.3) is 0 Å². The highest BCUT2D eigenvalue weighted by molar-refractivity contribution is 5.27. The molecule has 14 heavy (non-hydrogen) atoms. The molecular formula is C12H18N2. The van der Waals surface area contributed by atoms with Gasteiger partial charge in [0, 0.05) is 25.0 Å². The third kappa shape index (κ3) is 1.81. The van der Waals surface area contributed by atoms with Crippen molar-refractivity contribution in [1.82, 2.24) is 5.32 Å². The van der Waals surface area contributed by atoms with Crippen LogP contribution >= 0.6 is 0 Å². The van der Waals surface area contributed by atoms with Crippen molar-refractivity contribution in [2.75, 3.05) is 13.1 Å². The van der Waals surface area contributed by atoms with Gasteiger partial charge in [-0.25, -0.2) is 0 Å². The maximum atomic E-state index is 6.02. The Kier molecular flexibility index (Phi) is 2.85. The van der Waals surface area contributed by atoms with Gasteiger partial charge in [-0.15, -0.1) is 0 Å². The minimum absolute atomic E-state index is 0.280. The van der Waals surface area contributed by atoms with Crippen molar-refractivity contribution in [3.8, 4) is 0 Å². The maximum Gasteiger partial charge on any atom is 0.0247 e. The predicted molar refractivity (Wildman–Crippen MR) is 59.4 cm³/mol. The second-order valence-electron chi connectivity index (χ2n) is 4.02. The van der Waals surface area contributed by atoms with Crippen LogP contribution in [-0.2, 0) is 6.42 Å². The van der Waals surface area contributed by atoms with E-state index in [0.717, 1.165) is 19.5 Å². The lowest BCUT2D eigenvalue weighted by molar-refractivity contribution is 0.653. The predicted octanol–water partition coefficient (Wildman–Crippen LogP) is 1.26. The van der Waals surface area contributed by atoms with Gasteiger partial charge in [0.25, 0.3) is 0 Å². The summed E-state index contributed by atoms with van der Waals surface area (Å²) in [6, 6.07) is 9.13. The van der Waals surface area contributed by atoms with Crippen molar-refractivity contribution >= 4 is 0 Å². The highest BCUT2D eigenvalue weighted by Crippen LogP contribution is 2.21. The summed E-state index contributed by atoms with van der Waals surface area (Å²) in [4.78, 5) is 0. The first-order valence-electron chi connectivity index (χ1n) is 5.36. The van der Waals surface area contributed by atoms with Crippen molar-refractivity contribution in [2.45, 2.75) is 25.3 Å². The monoisotopic (exact) mass is 190 g/mol. The first-order chi connectivity index (χ1) is 6.81. The highest BCUT2D eigenvalue weighted by Gasteiger charge is 2.24. The topological polar surface area (TPSA) is 38.0 Å². The summed E-state index contributed by atoms with van der Waals surface area (Å²) in [5, 5.41) is 3.32. The van der Waals surface area contributed by atoms with Crippen LogP contribution in [-0.4, -0.2) is 19.1 Å². The molecule has 0 aromatic heterocycles. The van der Waals surface area contributed by atoms with Crippen molar-refractivity contribution in [3.63, 3.8) is 0 Å². The maximum absolute atomic E-state index is 6.02. The van der Waals surface area contributed by atoms with Crippen LogP contribution in [0.1, 0.15) is 24.0 Å². The summed E-state index contributed by atoms with van der Waals surface area (Å²) in [5.74, 6) is 0.501. The van der Waals surface area contributed by atoms with E-state index >= 15 is 0 Å². The number of aryl methyl sites for hydroxylation is 1. The lowest BCUT2D eigenvalue weighted by Gasteiger charge is -2.14. The van der Waals surface area contributed by atoms with Gasteiger partial charge in [0.05, 0.1) is 0 Å². The van der Waals surface area contributed by atoms with Crippen molar-refractivity contribution in [3.05, 3.63) is 35.4 Å². The molecule has 0 amide bonds. The highest BCUT2D eigenvalue weighted by atomic mass is 15.0. The fourth-order valence-electron chi connectivity index (χ4n) is 2.06. The molecule has 1 saturated heterocycles. The standard InChI is InChI=1S/C12H18N2/c1-2-9-3-5-10(6-4-9)11-7-14-8-12(11)13/h3-6,11-12,14H,2,7-8,13H2,1H3/t11-,12-/m1/s1. The summed E-state index contributed by atoms with van der Waals surface area (Å²) in [6.07, 6.45) is 1.11. The smallest absolute Gasteiger partial charge is 0.0247 e. The molecule has 0 unspecified atom stereocenters. The van der Waals surface area contributed by atoms with E-state index in [-0.39, 0.29) is 6.04 Å². The minimum Gasteiger partial charge on any atom is -0.326 e. The Morgan fingerprint density at radius 1 is 1.29 bits per heavy atom. The van der Waals surface area contributed by atoms with Gasteiger partial charge in [-0.2, -0.15) is 0 Å².